The fourth-order valence-electron chi connectivity index (χ4n) is 2.89. The summed E-state index contributed by atoms with van der Waals surface area (Å²) in [5.41, 5.74) is 1.89. The van der Waals surface area contributed by atoms with Gasteiger partial charge in [-0.15, -0.1) is 0 Å². The van der Waals surface area contributed by atoms with Crippen LogP contribution < -0.4 is 4.90 Å². The van der Waals surface area contributed by atoms with Gasteiger partial charge in [0.25, 0.3) is 5.91 Å². The van der Waals surface area contributed by atoms with Crippen molar-refractivity contribution in [3.8, 4) is 0 Å². The van der Waals surface area contributed by atoms with Gasteiger partial charge in [-0.1, -0.05) is 36.0 Å². The maximum absolute atomic E-state index is 13.2. The Morgan fingerprint density at radius 1 is 0.963 bits per heavy atom. The standard InChI is InChI=1S/C21H16N2O3S/c1-14(26-21(25)15-7-6-12-22-13-15)20(24)23-16-8-2-4-10-18(16)27-19-11-5-3-9-17(19)23/h2-14H,1H3. The number of ether oxygens (including phenoxy) is 1. The number of esters is 1. The smallest absolute Gasteiger partial charge is 0.340 e. The van der Waals surface area contributed by atoms with Gasteiger partial charge in [-0.25, -0.2) is 4.79 Å². The quantitative estimate of drug-likeness (QED) is 0.632. The summed E-state index contributed by atoms with van der Waals surface area (Å²) in [6.45, 7) is 1.59. The number of anilines is 2. The van der Waals surface area contributed by atoms with Gasteiger partial charge in [0.05, 0.1) is 16.9 Å². The number of nitrogens with zero attached hydrogens (tertiary/aromatic N) is 2. The van der Waals surface area contributed by atoms with Crippen molar-refractivity contribution < 1.29 is 14.3 Å². The molecule has 134 valence electrons. The van der Waals surface area contributed by atoms with E-state index in [0.29, 0.717) is 5.56 Å². The summed E-state index contributed by atoms with van der Waals surface area (Å²) in [5, 5.41) is 0. The molecule has 27 heavy (non-hydrogen) atoms. The van der Waals surface area contributed by atoms with Gasteiger partial charge in [-0.3, -0.25) is 14.7 Å². The minimum atomic E-state index is -0.943. The maximum Gasteiger partial charge on any atom is 0.340 e. The molecule has 2 heterocycles. The molecule has 0 spiro atoms. The fourth-order valence-corrected chi connectivity index (χ4v) is 3.94. The Morgan fingerprint density at radius 2 is 1.59 bits per heavy atom. The highest BCUT2D eigenvalue weighted by molar-refractivity contribution is 7.99. The van der Waals surface area contributed by atoms with Crippen molar-refractivity contribution in [1.29, 1.82) is 0 Å². The lowest BCUT2D eigenvalue weighted by molar-refractivity contribution is -0.125. The van der Waals surface area contributed by atoms with Gasteiger partial charge in [-0.2, -0.15) is 0 Å². The first kappa shape index (κ1) is 17.3. The third-order valence-electron chi connectivity index (χ3n) is 4.18. The van der Waals surface area contributed by atoms with Gasteiger partial charge in [-0.05, 0) is 43.3 Å². The molecule has 0 aliphatic carbocycles. The average molecular weight is 376 g/mol. The molecule has 0 fully saturated rings. The van der Waals surface area contributed by atoms with Crippen LogP contribution in [0.1, 0.15) is 17.3 Å². The van der Waals surface area contributed by atoms with Crippen LogP contribution in [0.25, 0.3) is 0 Å². The molecule has 1 aromatic heterocycles. The van der Waals surface area contributed by atoms with Gasteiger partial charge in [0.1, 0.15) is 0 Å². The highest BCUT2D eigenvalue weighted by Crippen LogP contribution is 2.48. The lowest BCUT2D eigenvalue weighted by Gasteiger charge is -2.32. The molecule has 1 unspecified atom stereocenters. The first-order valence-electron chi connectivity index (χ1n) is 8.46. The van der Waals surface area contributed by atoms with Crippen molar-refractivity contribution >= 4 is 35.0 Å². The highest BCUT2D eigenvalue weighted by atomic mass is 32.2. The number of pyridine rings is 1. The second kappa shape index (κ2) is 7.25. The molecule has 0 radical (unpaired) electrons. The molecule has 0 bridgehead atoms. The molecule has 0 saturated heterocycles. The van der Waals surface area contributed by atoms with Crippen molar-refractivity contribution in [2.75, 3.05) is 4.90 Å². The minimum absolute atomic E-state index is 0.299. The molecule has 5 nitrogen and oxygen atoms in total. The normalized spacial score (nSPS) is 13.3. The molecule has 1 aliphatic rings. The Morgan fingerprint density at radius 3 is 2.19 bits per heavy atom. The van der Waals surface area contributed by atoms with E-state index < -0.39 is 12.1 Å². The van der Waals surface area contributed by atoms with Crippen LogP contribution in [0.15, 0.2) is 82.8 Å². The van der Waals surface area contributed by atoms with Gasteiger partial charge < -0.3 is 4.74 Å². The molecule has 1 aliphatic heterocycles. The zero-order valence-corrected chi connectivity index (χ0v) is 15.3. The summed E-state index contributed by atoms with van der Waals surface area (Å²) in [6.07, 6.45) is 2.05. The Labute approximate surface area is 161 Å². The van der Waals surface area contributed by atoms with Crippen molar-refractivity contribution in [2.45, 2.75) is 22.8 Å². The van der Waals surface area contributed by atoms with Crippen LogP contribution >= 0.6 is 11.8 Å². The van der Waals surface area contributed by atoms with Gasteiger partial charge in [0.15, 0.2) is 6.10 Å². The molecule has 4 rings (SSSR count). The third kappa shape index (κ3) is 3.31. The molecule has 1 amide bonds. The number of benzene rings is 2. The topological polar surface area (TPSA) is 59.5 Å². The fraction of sp³-hybridized carbons (Fsp3) is 0.0952. The van der Waals surface area contributed by atoms with E-state index in [9.17, 15) is 9.59 Å². The molecule has 0 saturated carbocycles. The van der Waals surface area contributed by atoms with E-state index >= 15 is 0 Å². The predicted molar refractivity (Wildman–Crippen MR) is 103 cm³/mol. The van der Waals surface area contributed by atoms with Crippen molar-refractivity contribution in [2.24, 2.45) is 0 Å². The highest BCUT2D eigenvalue weighted by Gasteiger charge is 2.32. The lowest BCUT2D eigenvalue weighted by Crippen LogP contribution is -2.38. The van der Waals surface area contributed by atoms with E-state index in [1.807, 2.05) is 48.5 Å². The van der Waals surface area contributed by atoms with Crippen molar-refractivity contribution in [3.63, 3.8) is 0 Å². The number of rotatable bonds is 3. The summed E-state index contributed by atoms with van der Waals surface area (Å²) in [6, 6.07) is 18.7. The van der Waals surface area contributed by atoms with Gasteiger partial charge in [0.2, 0.25) is 0 Å². The Balaban J connectivity index is 1.64. The zero-order chi connectivity index (χ0) is 18.8. The molecular formula is C21H16N2O3S. The second-order valence-corrected chi connectivity index (χ2v) is 7.08. The molecule has 3 aromatic rings. The number of carbonyl (C=O) groups excluding carboxylic acids is 2. The van der Waals surface area contributed by atoms with Crippen LogP contribution in [0.3, 0.4) is 0 Å². The predicted octanol–water partition coefficient (Wildman–Crippen LogP) is 4.46. The minimum Gasteiger partial charge on any atom is -0.449 e. The van der Waals surface area contributed by atoms with Gasteiger partial charge >= 0.3 is 5.97 Å². The van der Waals surface area contributed by atoms with Crippen LogP contribution in [-0.2, 0) is 9.53 Å². The first-order valence-corrected chi connectivity index (χ1v) is 9.27. The van der Waals surface area contributed by atoms with Crippen LogP contribution in [0.5, 0.6) is 0 Å². The zero-order valence-electron chi connectivity index (χ0n) is 14.5. The Kier molecular flexibility index (Phi) is 4.64. The summed E-state index contributed by atoms with van der Waals surface area (Å²) < 4.78 is 5.40. The second-order valence-electron chi connectivity index (χ2n) is 6.00. The largest absolute Gasteiger partial charge is 0.449 e. The van der Waals surface area contributed by atoms with Crippen LogP contribution in [0.4, 0.5) is 11.4 Å². The van der Waals surface area contributed by atoms with E-state index in [0.717, 1.165) is 21.2 Å². The Hall–Kier alpha value is -3.12. The van der Waals surface area contributed by atoms with E-state index in [4.69, 9.17) is 4.74 Å². The molecular weight excluding hydrogens is 360 g/mol. The van der Waals surface area contributed by atoms with Gasteiger partial charge in [0, 0.05) is 22.2 Å². The van der Waals surface area contributed by atoms with Crippen LogP contribution in [0.2, 0.25) is 0 Å². The van der Waals surface area contributed by atoms with Crippen molar-refractivity contribution in [1.82, 2.24) is 4.98 Å². The number of hydrogen-bond acceptors (Lipinski definition) is 5. The van der Waals surface area contributed by atoms with E-state index in [1.54, 1.807) is 41.9 Å². The van der Waals surface area contributed by atoms with Crippen LogP contribution in [-0.4, -0.2) is 23.0 Å². The summed E-state index contributed by atoms with van der Waals surface area (Å²) >= 11 is 1.62. The monoisotopic (exact) mass is 376 g/mol. The average Bonchev–Trinajstić information content (AvgIpc) is 2.72. The van der Waals surface area contributed by atoms with Crippen LogP contribution in [0, 0.1) is 0 Å². The number of aromatic nitrogens is 1. The summed E-state index contributed by atoms with van der Waals surface area (Å²) in [5.74, 6) is -0.871. The number of carbonyl (C=O) groups is 2. The van der Waals surface area contributed by atoms with E-state index in [2.05, 4.69) is 4.98 Å². The molecule has 2 aromatic carbocycles. The number of hydrogen-bond donors (Lipinski definition) is 0. The summed E-state index contributed by atoms with van der Waals surface area (Å²) in [7, 11) is 0. The number of amides is 1. The summed E-state index contributed by atoms with van der Waals surface area (Å²) in [4.78, 5) is 33.0. The number of fused-ring (bicyclic) bond motifs is 2. The first-order chi connectivity index (χ1) is 13.1. The third-order valence-corrected chi connectivity index (χ3v) is 5.31. The van der Waals surface area contributed by atoms with Crippen molar-refractivity contribution in [3.05, 3.63) is 78.6 Å². The SMILES string of the molecule is CC(OC(=O)c1cccnc1)C(=O)N1c2ccccc2Sc2ccccc21. The lowest BCUT2D eigenvalue weighted by atomic mass is 10.2. The molecule has 0 N–H and O–H groups in total. The number of para-hydroxylation sites is 2. The van der Waals surface area contributed by atoms with E-state index in [1.165, 1.54) is 6.20 Å². The molecule has 1 atom stereocenters. The van der Waals surface area contributed by atoms with E-state index in [-0.39, 0.29) is 5.91 Å². The maximum atomic E-state index is 13.2. The Bertz CT molecular complexity index is 962. The molecule has 6 heteroatoms.